The summed E-state index contributed by atoms with van der Waals surface area (Å²) >= 11 is 0. The van der Waals surface area contributed by atoms with E-state index in [1.54, 1.807) is 59.8 Å². The maximum absolute atomic E-state index is 13.4. The SMILES string of the molecule is CCc1oc2cccc(C#Cc3cnn(C)c3)c2c(=O)c1-c1ccc(F)cc1.NC(=O)c1c(N)nn2cccnc12. The topological polar surface area (TPSA) is 147 Å². The van der Waals surface area contributed by atoms with Crippen LogP contribution >= 0.6 is 0 Å². The molecule has 4 heterocycles. The Morgan fingerprint density at radius 2 is 1.90 bits per heavy atom. The summed E-state index contributed by atoms with van der Waals surface area (Å²) in [6.45, 7) is 1.92. The summed E-state index contributed by atoms with van der Waals surface area (Å²) in [6, 6.07) is 12.9. The third-order valence-corrected chi connectivity index (χ3v) is 6.16. The number of nitrogens with two attached hydrogens (primary N) is 2. The molecule has 41 heavy (non-hydrogen) atoms. The van der Waals surface area contributed by atoms with Crippen LogP contribution in [0, 0.1) is 17.7 Å². The van der Waals surface area contributed by atoms with Gasteiger partial charge in [-0.15, -0.1) is 5.10 Å². The van der Waals surface area contributed by atoms with Crippen LogP contribution in [0.1, 0.15) is 34.2 Å². The minimum absolute atomic E-state index is 0.103. The third kappa shape index (κ3) is 5.39. The molecule has 0 fully saturated rings. The molecule has 2 aromatic carbocycles. The van der Waals surface area contributed by atoms with Crippen molar-refractivity contribution in [2.45, 2.75) is 13.3 Å². The summed E-state index contributed by atoms with van der Waals surface area (Å²) in [5.41, 5.74) is 13.9. The van der Waals surface area contributed by atoms with E-state index in [9.17, 15) is 14.0 Å². The van der Waals surface area contributed by atoms with Crippen molar-refractivity contribution in [2.24, 2.45) is 12.8 Å². The zero-order valence-electron chi connectivity index (χ0n) is 22.1. The standard InChI is InChI=1S/C23H17FN2O2.C7H7N5O/c1-3-19-21(17-9-11-18(24)12-10-17)23(27)22-16(5-4-6-20(22)28-19)8-7-15-13-25-26(2)14-15;8-5-4(6(9)13)7-10-2-1-3-12(7)11-5/h4-6,9-14H,3H2,1-2H3;1-3H,(H2,8,11)(H2,9,13). The van der Waals surface area contributed by atoms with Gasteiger partial charge in [0.25, 0.3) is 5.91 Å². The highest BCUT2D eigenvalue weighted by atomic mass is 19.1. The first kappa shape index (κ1) is 26.8. The molecule has 0 radical (unpaired) electrons. The van der Waals surface area contributed by atoms with Crippen molar-refractivity contribution in [1.82, 2.24) is 24.4 Å². The van der Waals surface area contributed by atoms with E-state index in [2.05, 4.69) is 27.0 Å². The van der Waals surface area contributed by atoms with Crippen molar-refractivity contribution in [3.05, 3.63) is 112 Å². The minimum atomic E-state index is -0.619. The number of hydrogen-bond donors (Lipinski definition) is 2. The highest BCUT2D eigenvalue weighted by Crippen LogP contribution is 2.26. The number of hydrogen-bond acceptors (Lipinski definition) is 7. The van der Waals surface area contributed by atoms with Crippen LogP contribution < -0.4 is 16.9 Å². The van der Waals surface area contributed by atoms with E-state index in [4.69, 9.17) is 15.9 Å². The van der Waals surface area contributed by atoms with Crippen LogP contribution in [0.2, 0.25) is 0 Å². The summed E-state index contributed by atoms with van der Waals surface area (Å²) in [6.07, 6.45) is 7.21. The van der Waals surface area contributed by atoms with Crippen molar-refractivity contribution in [3.8, 4) is 23.0 Å². The lowest BCUT2D eigenvalue weighted by atomic mass is 9.99. The fourth-order valence-corrected chi connectivity index (χ4v) is 4.31. The molecular formula is C30H24FN7O3. The summed E-state index contributed by atoms with van der Waals surface area (Å²) < 4.78 is 22.4. The summed E-state index contributed by atoms with van der Waals surface area (Å²) in [5, 5.41) is 8.39. The van der Waals surface area contributed by atoms with Gasteiger partial charge in [0.15, 0.2) is 11.5 Å². The number of anilines is 1. The second-order valence-corrected chi connectivity index (χ2v) is 8.93. The number of fused-ring (bicyclic) bond motifs is 2. The summed E-state index contributed by atoms with van der Waals surface area (Å²) in [5.74, 6) is 5.80. The molecule has 4 N–H and O–H groups in total. The Morgan fingerprint density at radius 3 is 2.59 bits per heavy atom. The van der Waals surface area contributed by atoms with Gasteiger partial charge in [-0.1, -0.05) is 37.0 Å². The molecule has 4 aromatic heterocycles. The normalized spacial score (nSPS) is 10.6. The lowest BCUT2D eigenvalue weighted by Gasteiger charge is -2.10. The molecule has 1 amide bonds. The maximum Gasteiger partial charge on any atom is 0.256 e. The monoisotopic (exact) mass is 549 g/mol. The number of primary amides is 1. The number of benzene rings is 2. The highest BCUT2D eigenvalue weighted by Gasteiger charge is 2.17. The molecular weight excluding hydrogens is 525 g/mol. The van der Waals surface area contributed by atoms with E-state index in [0.29, 0.717) is 45.5 Å². The number of aryl methyl sites for hydroxylation is 2. The Balaban J connectivity index is 0.000000216. The smallest absolute Gasteiger partial charge is 0.256 e. The van der Waals surface area contributed by atoms with Gasteiger partial charge in [-0.05, 0) is 35.9 Å². The quantitative estimate of drug-likeness (QED) is 0.320. The van der Waals surface area contributed by atoms with Gasteiger partial charge in [-0.25, -0.2) is 13.9 Å². The van der Waals surface area contributed by atoms with Gasteiger partial charge in [0, 0.05) is 37.6 Å². The second kappa shape index (κ2) is 11.2. The van der Waals surface area contributed by atoms with Crippen molar-refractivity contribution in [3.63, 3.8) is 0 Å². The first-order valence-electron chi connectivity index (χ1n) is 12.5. The average molecular weight is 550 g/mol. The first-order chi connectivity index (χ1) is 19.8. The van der Waals surface area contributed by atoms with Crippen molar-refractivity contribution < 1.29 is 13.6 Å². The molecule has 0 atom stereocenters. The van der Waals surface area contributed by atoms with Gasteiger partial charge in [-0.3, -0.25) is 14.3 Å². The van der Waals surface area contributed by atoms with Gasteiger partial charge in [-0.2, -0.15) is 5.10 Å². The van der Waals surface area contributed by atoms with E-state index in [-0.39, 0.29) is 22.6 Å². The molecule has 204 valence electrons. The zero-order chi connectivity index (χ0) is 29.1. The van der Waals surface area contributed by atoms with Crippen molar-refractivity contribution >= 4 is 28.3 Å². The predicted molar refractivity (Wildman–Crippen MR) is 152 cm³/mol. The molecule has 0 aliphatic rings. The Morgan fingerprint density at radius 1 is 1.12 bits per heavy atom. The van der Waals surface area contributed by atoms with Crippen LogP contribution in [0.3, 0.4) is 0 Å². The number of nitrogens with zero attached hydrogens (tertiary/aromatic N) is 5. The van der Waals surface area contributed by atoms with Crippen LogP contribution in [-0.4, -0.2) is 30.3 Å². The van der Waals surface area contributed by atoms with E-state index in [1.165, 1.54) is 16.6 Å². The van der Waals surface area contributed by atoms with E-state index in [0.717, 1.165) is 5.56 Å². The van der Waals surface area contributed by atoms with Gasteiger partial charge in [0.05, 0.1) is 22.7 Å². The van der Waals surface area contributed by atoms with E-state index >= 15 is 0 Å². The van der Waals surface area contributed by atoms with Crippen LogP contribution in [0.15, 0.2) is 82.5 Å². The third-order valence-electron chi connectivity index (χ3n) is 6.16. The lowest BCUT2D eigenvalue weighted by molar-refractivity contribution is 0.100. The Hall–Kier alpha value is -5.76. The largest absolute Gasteiger partial charge is 0.460 e. The van der Waals surface area contributed by atoms with Gasteiger partial charge in [0.1, 0.15) is 22.7 Å². The van der Waals surface area contributed by atoms with E-state index in [1.807, 2.05) is 20.0 Å². The van der Waals surface area contributed by atoms with Crippen molar-refractivity contribution in [1.29, 1.82) is 0 Å². The fourth-order valence-electron chi connectivity index (χ4n) is 4.31. The molecule has 6 aromatic rings. The maximum atomic E-state index is 13.4. The zero-order valence-corrected chi connectivity index (χ0v) is 22.1. The number of nitrogen functional groups attached to an aromatic ring is 1. The van der Waals surface area contributed by atoms with Crippen LogP contribution in [0.4, 0.5) is 10.2 Å². The lowest BCUT2D eigenvalue weighted by Crippen LogP contribution is -2.12. The highest BCUT2D eigenvalue weighted by molar-refractivity contribution is 6.03. The molecule has 0 bridgehead atoms. The number of amides is 1. The van der Waals surface area contributed by atoms with Crippen LogP contribution in [-0.2, 0) is 13.5 Å². The predicted octanol–water partition coefficient (Wildman–Crippen LogP) is 3.71. The molecule has 6 rings (SSSR count). The molecule has 10 nitrogen and oxygen atoms in total. The summed E-state index contributed by atoms with van der Waals surface area (Å²) in [4.78, 5) is 28.3. The van der Waals surface area contributed by atoms with Crippen LogP contribution in [0.5, 0.6) is 0 Å². The Labute approximate surface area is 233 Å². The van der Waals surface area contributed by atoms with Crippen molar-refractivity contribution in [2.75, 3.05) is 5.73 Å². The molecule has 0 saturated heterocycles. The number of halogens is 1. The first-order valence-corrected chi connectivity index (χ1v) is 12.5. The van der Waals surface area contributed by atoms with Crippen LogP contribution in [0.25, 0.3) is 27.7 Å². The summed E-state index contributed by atoms with van der Waals surface area (Å²) in [7, 11) is 1.82. The average Bonchev–Trinajstić information content (AvgIpc) is 3.54. The number of aromatic nitrogens is 5. The fraction of sp³-hybridized carbons (Fsp3) is 0.100. The number of carbonyl (C=O) groups excluding carboxylic acids is 1. The number of rotatable bonds is 3. The molecule has 0 saturated carbocycles. The Kier molecular flexibility index (Phi) is 7.30. The molecule has 0 unspecified atom stereocenters. The molecule has 0 aliphatic heterocycles. The number of carbonyl (C=O) groups is 1. The minimum Gasteiger partial charge on any atom is -0.460 e. The van der Waals surface area contributed by atoms with Gasteiger partial charge >= 0.3 is 0 Å². The van der Waals surface area contributed by atoms with Gasteiger partial charge < -0.3 is 15.9 Å². The molecule has 0 aliphatic carbocycles. The second-order valence-electron chi connectivity index (χ2n) is 8.93. The van der Waals surface area contributed by atoms with Gasteiger partial charge in [0.2, 0.25) is 5.43 Å². The Bertz CT molecular complexity index is 2030. The van der Waals surface area contributed by atoms with E-state index < -0.39 is 5.91 Å². The molecule has 0 spiro atoms. The molecule has 11 heteroatoms.